The average molecular weight is 545 g/mol. The van der Waals surface area contributed by atoms with E-state index in [9.17, 15) is 9.59 Å². The molecule has 0 radical (unpaired) electrons. The molecule has 2 N–H and O–H groups in total. The summed E-state index contributed by atoms with van der Waals surface area (Å²) in [6, 6.07) is 0. The molecule has 0 aliphatic carbocycles. The number of carbonyl (C=O) groups excluding carboxylic acids is 2. The molecule has 0 spiro atoms. The first-order chi connectivity index (χ1) is 17.7. The predicted molar refractivity (Wildman–Crippen MR) is 165 cm³/mol. The van der Waals surface area contributed by atoms with E-state index in [0.717, 1.165) is 69.3 Å². The number of rotatable bonds is 23. The second-order valence-electron chi connectivity index (χ2n) is 8.84. The van der Waals surface area contributed by atoms with Crippen molar-refractivity contribution in [2.45, 2.75) is 84.0 Å². The third-order valence-corrected chi connectivity index (χ3v) is 7.23. The van der Waals surface area contributed by atoms with Crippen LogP contribution < -0.4 is 10.6 Å². The molecule has 202 valence electrons. The van der Waals surface area contributed by atoms with E-state index < -0.39 is 0 Å². The van der Waals surface area contributed by atoms with Crippen LogP contribution in [0.4, 0.5) is 0 Å². The first kappa shape index (κ1) is 32.0. The van der Waals surface area contributed by atoms with Crippen LogP contribution in [0.25, 0.3) is 0 Å². The molecule has 0 heterocycles. The number of hydrogen-bond donors (Lipinski definition) is 2. The van der Waals surface area contributed by atoms with Crippen molar-refractivity contribution in [1.29, 1.82) is 2.25 Å². The largest absolute Gasteiger partial charge is 0.339 e. The smallest absolute Gasteiger partial charge is 0.222 e. The molecular weight excluding hydrogens is 493 g/mol. The van der Waals surface area contributed by atoms with Gasteiger partial charge in [0.05, 0.1) is 8.92 Å². The molecule has 0 atom stereocenters. The molecule has 35 heavy (non-hydrogen) atoms. The highest BCUT2D eigenvalue weighted by Crippen LogP contribution is 2.21. The fraction of sp³-hybridized carbons (Fsp3) is 0.643. The Morgan fingerprint density at radius 1 is 0.743 bits per heavy atom. The summed E-state index contributed by atoms with van der Waals surface area (Å²) < 4.78 is 11.6. The highest BCUT2D eigenvalue weighted by Gasteiger charge is 2.04. The zero-order valence-electron chi connectivity index (χ0n) is 24.2. The maximum absolute atomic E-state index is 11.7. The Morgan fingerprint density at radius 2 is 1.20 bits per heavy atom. The van der Waals surface area contributed by atoms with Crippen LogP contribution in [0.5, 0.6) is 0 Å². The number of allylic oxidation sites excluding steroid dienone is 3. The minimum atomic E-state index is -0.0612. The van der Waals surface area contributed by atoms with E-state index in [-0.39, 0.29) is 31.8 Å². The Labute approximate surface area is 233 Å². The Hall–Kier alpha value is -1.05. The minimum Gasteiger partial charge on any atom is -0.339 e. The van der Waals surface area contributed by atoms with Crippen molar-refractivity contribution in [1.82, 2.24) is 10.6 Å². The molecule has 0 aromatic heterocycles. The van der Waals surface area contributed by atoms with Crippen molar-refractivity contribution < 1.29 is 9.59 Å². The Bertz CT molecular complexity index is 688. The van der Waals surface area contributed by atoms with Gasteiger partial charge in [0.2, 0.25) is 11.8 Å². The molecule has 7 heteroatoms. The van der Waals surface area contributed by atoms with Gasteiger partial charge >= 0.3 is 0 Å². The lowest BCUT2D eigenvalue weighted by molar-refractivity contribution is -0.122. The highest BCUT2D eigenvalue weighted by molar-refractivity contribution is 7.99. The van der Waals surface area contributed by atoms with Crippen LogP contribution in [0.1, 0.15) is 84.0 Å². The van der Waals surface area contributed by atoms with E-state index in [0.29, 0.717) is 12.8 Å². The summed E-state index contributed by atoms with van der Waals surface area (Å²) in [4.78, 5) is 22.9. The SMILES string of the molecule is C=C(CCCC(=C)CCCC(=C)CSCCC(=O)NCNC(=O)CC)CCCC(=C)CCSC.[2H]S[2H]. The molecule has 0 aromatic carbocycles. The van der Waals surface area contributed by atoms with Crippen LogP contribution in [-0.4, -0.2) is 44.2 Å². The van der Waals surface area contributed by atoms with Crippen molar-refractivity contribution in [2.75, 3.05) is 30.2 Å². The van der Waals surface area contributed by atoms with Gasteiger partial charge in [-0.15, -0.1) is 0 Å². The molecule has 0 aliphatic heterocycles. The van der Waals surface area contributed by atoms with Gasteiger partial charge < -0.3 is 10.6 Å². The zero-order valence-corrected chi connectivity index (χ0v) is 24.6. The Morgan fingerprint density at radius 3 is 1.69 bits per heavy atom. The first-order valence-electron chi connectivity index (χ1n) is 13.4. The summed E-state index contributed by atoms with van der Waals surface area (Å²) in [5.41, 5.74) is 5.27. The fourth-order valence-electron chi connectivity index (χ4n) is 3.29. The van der Waals surface area contributed by atoms with E-state index >= 15 is 0 Å². The fourth-order valence-corrected chi connectivity index (χ4v) is 4.69. The van der Waals surface area contributed by atoms with Crippen molar-refractivity contribution >= 4 is 48.6 Å². The van der Waals surface area contributed by atoms with Gasteiger partial charge in [-0.25, -0.2) is 0 Å². The van der Waals surface area contributed by atoms with Crippen LogP contribution >= 0.6 is 36.8 Å². The molecule has 0 aliphatic rings. The molecule has 0 aromatic rings. The summed E-state index contributed by atoms with van der Waals surface area (Å²) in [5.74, 6) is 2.72. The van der Waals surface area contributed by atoms with E-state index in [1.165, 1.54) is 34.5 Å². The summed E-state index contributed by atoms with van der Waals surface area (Å²) in [7, 11) is 0. The molecule has 2 amide bonds. The number of thioether (sulfide) groups is 2. The van der Waals surface area contributed by atoms with Gasteiger partial charge in [0.25, 0.3) is 0 Å². The second kappa shape index (κ2) is 24.6. The zero-order chi connectivity index (χ0) is 28.3. The predicted octanol–water partition coefficient (Wildman–Crippen LogP) is 7.31. The highest BCUT2D eigenvalue weighted by atomic mass is 32.2. The Balaban J connectivity index is 0. The van der Waals surface area contributed by atoms with E-state index in [1.54, 1.807) is 18.7 Å². The van der Waals surface area contributed by atoms with E-state index in [2.05, 4.69) is 43.2 Å². The quantitative estimate of drug-likeness (QED) is 0.0804. The monoisotopic (exact) mass is 544 g/mol. The van der Waals surface area contributed by atoms with Crippen molar-refractivity contribution in [3.63, 3.8) is 0 Å². The van der Waals surface area contributed by atoms with Crippen LogP contribution in [0.3, 0.4) is 0 Å². The summed E-state index contributed by atoms with van der Waals surface area (Å²) in [6.07, 6.45) is 14.0. The lowest BCUT2D eigenvalue weighted by Crippen LogP contribution is -2.37. The summed E-state index contributed by atoms with van der Waals surface area (Å²) in [6.45, 7) is 18.8. The molecule has 0 unspecified atom stereocenters. The van der Waals surface area contributed by atoms with Gasteiger partial charge in [0.1, 0.15) is 0 Å². The number of nitrogens with one attached hydrogen (secondary N) is 2. The van der Waals surface area contributed by atoms with Crippen molar-refractivity contribution in [2.24, 2.45) is 0 Å². The molecule has 4 nitrogen and oxygen atoms in total. The van der Waals surface area contributed by atoms with E-state index in [1.807, 2.05) is 11.8 Å². The number of amides is 2. The van der Waals surface area contributed by atoms with Crippen LogP contribution in [0, 0.1) is 0 Å². The second-order valence-corrected chi connectivity index (χ2v) is 10.9. The molecular formula is C28H50N2O2S3. The standard InChI is InChI=1S/C28H48N2O2S2.H2S/c1-7-27(31)29-22-30-28(32)18-20-34-21-26(5)16-10-14-24(3)12-8-11-23(2)13-9-15-25(4)17-19-33-6;/h2-5,7-22H2,1,6H3,(H,29,31)(H,30,32);1H2/i/hD2. The maximum atomic E-state index is 11.7. The summed E-state index contributed by atoms with van der Waals surface area (Å²) >= 11 is 3.87. The van der Waals surface area contributed by atoms with Gasteiger partial charge in [0, 0.05) is 24.3 Å². The summed E-state index contributed by atoms with van der Waals surface area (Å²) in [5, 5.41) is 5.33. The molecule has 0 saturated carbocycles. The third-order valence-electron chi connectivity index (χ3n) is 5.51. The lowest BCUT2D eigenvalue weighted by atomic mass is 9.98. The lowest BCUT2D eigenvalue weighted by Gasteiger charge is -2.10. The van der Waals surface area contributed by atoms with E-state index in [4.69, 9.17) is 2.25 Å². The minimum absolute atomic E-state index is 0.0369. The van der Waals surface area contributed by atoms with Crippen LogP contribution in [0.2, 0.25) is 0 Å². The van der Waals surface area contributed by atoms with Crippen LogP contribution in [0.15, 0.2) is 48.6 Å². The van der Waals surface area contributed by atoms with Gasteiger partial charge in [-0.1, -0.05) is 55.5 Å². The molecule has 0 saturated heterocycles. The average Bonchev–Trinajstić information content (AvgIpc) is 2.85. The van der Waals surface area contributed by atoms with Crippen molar-refractivity contribution in [3.05, 3.63) is 48.6 Å². The first-order valence-corrected chi connectivity index (χ1v) is 15.1. The van der Waals surface area contributed by atoms with Gasteiger partial charge in [-0.3, -0.25) is 9.59 Å². The molecule has 0 fully saturated rings. The van der Waals surface area contributed by atoms with Gasteiger partial charge in [-0.05, 0) is 76.2 Å². The number of carbonyl (C=O) groups is 2. The van der Waals surface area contributed by atoms with Crippen LogP contribution in [-0.2, 0) is 9.59 Å². The van der Waals surface area contributed by atoms with Crippen molar-refractivity contribution in [3.8, 4) is 0 Å². The van der Waals surface area contributed by atoms with Gasteiger partial charge in [-0.2, -0.15) is 36.8 Å². The molecule has 0 rings (SSSR count). The third kappa shape index (κ3) is 24.4. The normalized spacial score (nSPS) is 10.8. The topological polar surface area (TPSA) is 58.2 Å². The number of hydrogen-bond acceptors (Lipinski definition) is 4. The maximum Gasteiger partial charge on any atom is 0.222 e. The Kier molecular flexibility index (Phi) is 22.5. The molecule has 0 bridgehead atoms. The van der Waals surface area contributed by atoms with Gasteiger partial charge in [0.15, 0.2) is 0 Å².